The molecule has 0 spiro atoms. The summed E-state index contributed by atoms with van der Waals surface area (Å²) < 4.78 is 5.44. The van der Waals surface area contributed by atoms with Crippen molar-refractivity contribution in [3.63, 3.8) is 0 Å². The first-order chi connectivity index (χ1) is 17.7. The van der Waals surface area contributed by atoms with Gasteiger partial charge in [0.15, 0.2) is 0 Å². The molecule has 9 nitrogen and oxygen atoms in total. The number of likely N-dealkylation sites (tertiary alicyclic amines) is 1. The fraction of sp³-hybridized carbons (Fsp3) is 0.393. The standard InChI is InChI=1S/C28H31N5O4/c1-16(2)24(23-12-17(3)32-37-23)26(35)33-15-21(34)13-22(33)25-30-27(36)28(4,31-25)20-9-7-18(8-10-20)19-6-5-11-29-14-19/h5-12,14,16,21-22,24,34H,13,15H2,1-4H3,(H,30,31,36)/t21-,22-,24?,28-/m1/s1. The molecule has 0 radical (unpaired) electrons. The van der Waals surface area contributed by atoms with Crippen molar-refractivity contribution < 1.29 is 19.2 Å². The highest BCUT2D eigenvalue weighted by Crippen LogP contribution is 2.34. The van der Waals surface area contributed by atoms with Crippen LogP contribution in [0.15, 0.2) is 64.4 Å². The van der Waals surface area contributed by atoms with Gasteiger partial charge in [-0.1, -0.05) is 49.3 Å². The summed E-state index contributed by atoms with van der Waals surface area (Å²) in [5.41, 5.74) is 2.36. The van der Waals surface area contributed by atoms with E-state index in [2.05, 4.69) is 20.4 Å². The number of benzene rings is 1. The van der Waals surface area contributed by atoms with E-state index in [4.69, 9.17) is 4.52 Å². The Morgan fingerprint density at radius 2 is 1.97 bits per heavy atom. The number of nitrogens with zero attached hydrogens (tertiary/aromatic N) is 4. The first-order valence-corrected chi connectivity index (χ1v) is 12.5. The number of aliphatic hydroxyl groups excluding tert-OH is 1. The fourth-order valence-corrected chi connectivity index (χ4v) is 5.20. The molecule has 1 aromatic carbocycles. The number of nitrogens with one attached hydrogen (secondary N) is 1. The molecule has 2 aromatic heterocycles. The summed E-state index contributed by atoms with van der Waals surface area (Å²) in [4.78, 5) is 37.1. The second-order valence-electron chi connectivity index (χ2n) is 10.4. The molecule has 2 N–H and O–H groups in total. The van der Waals surface area contributed by atoms with Crippen LogP contribution >= 0.6 is 0 Å². The summed E-state index contributed by atoms with van der Waals surface area (Å²) in [6, 6.07) is 12.8. The first kappa shape index (κ1) is 24.8. The van der Waals surface area contributed by atoms with Crippen LogP contribution in [0.2, 0.25) is 0 Å². The Labute approximate surface area is 215 Å². The smallest absolute Gasteiger partial charge is 0.277 e. The van der Waals surface area contributed by atoms with E-state index in [-0.39, 0.29) is 24.3 Å². The van der Waals surface area contributed by atoms with Gasteiger partial charge in [0.05, 0.1) is 17.8 Å². The predicted octanol–water partition coefficient (Wildman–Crippen LogP) is 3.19. The molecule has 1 fully saturated rings. The minimum absolute atomic E-state index is 0.0538. The molecule has 2 amide bonds. The van der Waals surface area contributed by atoms with Gasteiger partial charge in [-0.25, -0.2) is 0 Å². The molecule has 5 rings (SSSR count). The third-order valence-electron chi connectivity index (χ3n) is 7.25. The van der Waals surface area contributed by atoms with Crippen LogP contribution in [-0.4, -0.2) is 56.5 Å². The van der Waals surface area contributed by atoms with Gasteiger partial charge in [0.25, 0.3) is 5.91 Å². The van der Waals surface area contributed by atoms with E-state index >= 15 is 0 Å². The van der Waals surface area contributed by atoms with Gasteiger partial charge in [0, 0.05) is 31.4 Å². The Morgan fingerprint density at radius 1 is 1.22 bits per heavy atom. The molecule has 37 heavy (non-hydrogen) atoms. The summed E-state index contributed by atoms with van der Waals surface area (Å²) in [5.74, 6) is -0.241. The van der Waals surface area contributed by atoms with E-state index in [0.717, 1.165) is 16.7 Å². The number of amides is 2. The van der Waals surface area contributed by atoms with Crippen LogP contribution in [0, 0.1) is 12.8 Å². The molecule has 0 saturated carbocycles. The maximum absolute atomic E-state index is 13.7. The van der Waals surface area contributed by atoms with Crippen molar-refractivity contribution in [3.8, 4) is 11.1 Å². The quantitative estimate of drug-likeness (QED) is 0.532. The lowest BCUT2D eigenvalue weighted by Crippen LogP contribution is -2.51. The number of carbonyl (C=O) groups is 2. The molecular formula is C28H31N5O4. The van der Waals surface area contributed by atoms with Crippen molar-refractivity contribution in [1.29, 1.82) is 0 Å². The summed E-state index contributed by atoms with van der Waals surface area (Å²) in [6.07, 6.45) is 3.09. The Morgan fingerprint density at radius 3 is 2.59 bits per heavy atom. The van der Waals surface area contributed by atoms with Gasteiger partial charge in [-0.3, -0.25) is 14.6 Å². The van der Waals surface area contributed by atoms with Crippen molar-refractivity contribution in [1.82, 2.24) is 20.4 Å². The minimum Gasteiger partial charge on any atom is -0.391 e. The van der Waals surface area contributed by atoms with Crippen LogP contribution in [-0.2, 0) is 15.1 Å². The van der Waals surface area contributed by atoms with Crippen molar-refractivity contribution in [2.45, 2.75) is 57.7 Å². The number of rotatable bonds is 6. The molecular weight excluding hydrogens is 470 g/mol. The first-order valence-electron chi connectivity index (χ1n) is 12.5. The van der Waals surface area contributed by atoms with Gasteiger partial charge in [-0.05, 0) is 42.5 Å². The van der Waals surface area contributed by atoms with Crippen LogP contribution in [0.3, 0.4) is 0 Å². The molecule has 4 heterocycles. The number of aliphatic imine (C=N–C) groups is 1. The summed E-state index contributed by atoms with van der Waals surface area (Å²) in [6.45, 7) is 7.65. The number of β-amino-alcohol motifs (C(OH)–C–C–N with tert-alkyl or cyclic N) is 1. The van der Waals surface area contributed by atoms with Crippen LogP contribution in [0.25, 0.3) is 11.1 Å². The van der Waals surface area contributed by atoms with E-state index in [9.17, 15) is 14.7 Å². The number of hydrogen-bond acceptors (Lipinski definition) is 7. The van der Waals surface area contributed by atoms with E-state index in [0.29, 0.717) is 23.7 Å². The zero-order chi connectivity index (χ0) is 26.3. The number of aliphatic hydroxyl groups is 1. The normalized spacial score (nSPS) is 24.3. The van der Waals surface area contributed by atoms with Crippen LogP contribution in [0.5, 0.6) is 0 Å². The highest BCUT2D eigenvalue weighted by Gasteiger charge is 2.48. The minimum atomic E-state index is -1.08. The van der Waals surface area contributed by atoms with E-state index < -0.39 is 23.6 Å². The summed E-state index contributed by atoms with van der Waals surface area (Å²) in [7, 11) is 0. The zero-order valence-corrected chi connectivity index (χ0v) is 21.4. The van der Waals surface area contributed by atoms with E-state index in [1.807, 2.05) is 57.2 Å². The maximum Gasteiger partial charge on any atom is 0.277 e. The van der Waals surface area contributed by atoms with Gasteiger partial charge in [0.1, 0.15) is 23.1 Å². The molecule has 1 unspecified atom stereocenters. The lowest BCUT2D eigenvalue weighted by atomic mass is 9.90. The van der Waals surface area contributed by atoms with Crippen LogP contribution < -0.4 is 5.32 Å². The third kappa shape index (κ3) is 4.55. The van der Waals surface area contributed by atoms with E-state index in [1.54, 1.807) is 30.3 Å². The Kier molecular flexibility index (Phi) is 6.41. The number of aromatic nitrogens is 2. The number of carbonyl (C=O) groups excluding carboxylic acids is 2. The number of aryl methyl sites for hydroxylation is 1. The lowest BCUT2D eigenvalue weighted by Gasteiger charge is -2.31. The summed E-state index contributed by atoms with van der Waals surface area (Å²) in [5, 5.41) is 17.8. The Bertz CT molecular complexity index is 1330. The van der Waals surface area contributed by atoms with Gasteiger partial charge in [-0.15, -0.1) is 0 Å². The monoisotopic (exact) mass is 501 g/mol. The molecule has 4 atom stereocenters. The predicted molar refractivity (Wildman–Crippen MR) is 138 cm³/mol. The molecule has 192 valence electrons. The number of pyridine rings is 1. The molecule has 2 aliphatic heterocycles. The topological polar surface area (TPSA) is 121 Å². The number of hydrogen-bond donors (Lipinski definition) is 2. The van der Waals surface area contributed by atoms with Gasteiger partial charge < -0.3 is 19.8 Å². The van der Waals surface area contributed by atoms with Crippen molar-refractivity contribution in [2.24, 2.45) is 10.9 Å². The lowest BCUT2D eigenvalue weighted by molar-refractivity contribution is -0.134. The second kappa shape index (κ2) is 9.55. The van der Waals surface area contributed by atoms with Crippen LogP contribution in [0.4, 0.5) is 0 Å². The SMILES string of the molecule is Cc1cc(C(C(=O)N2C[C@H](O)C[C@@H]2C2=NC(=O)[C@@](C)(c3ccc(-c4cccnc4)cc3)N2)C(C)C)on1. The second-order valence-corrected chi connectivity index (χ2v) is 10.4. The average molecular weight is 502 g/mol. The molecule has 0 aliphatic carbocycles. The Hall–Kier alpha value is -3.85. The maximum atomic E-state index is 13.7. The van der Waals surface area contributed by atoms with Crippen molar-refractivity contribution >= 4 is 17.6 Å². The molecule has 1 saturated heterocycles. The van der Waals surface area contributed by atoms with Crippen LogP contribution in [0.1, 0.15) is 50.1 Å². The zero-order valence-electron chi connectivity index (χ0n) is 21.4. The molecule has 0 bridgehead atoms. The third-order valence-corrected chi connectivity index (χ3v) is 7.25. The van der Waals surface area contributed by atoms with E-state index in [1.165, 1.54) is 0 Å². The van der Waals surface area contributed by atoms with Crippen molar-refractivity contribution in [3.05, 3.63) is 71.9 Å². The largest absolute Gasteiger partial charge is 0.391 e. The molecule has 9 heteroatoms. The molecule has 3 aromatic rings. The van der Waals surface area contributed by atoms with Crippen molar-refractivity contribution in [2.75, 3.05) is 6.54 Å². The van der Waals surface area contributed by atoms with Gasteiger partial charge >= 0.3 is 0 Å². The average Bonchev–Trinajstić information content (AvgIpc) is 3.57. The Balaban J connectivity index is 1.39. The highest BCUT2D eigenvalue weighted by atomic mass is 16.5. The highest BCUT2D eigenvalue weighted by molar-refractivity contribution is 6.09. The van der Waals surface area contributed by atoms with Gasteiger partial charge in [0.2, 0.25) is 5.91 Å². The number of amidine groups is 1. The van der Waals surface area contributed by atoms with Gasteiger partial charge in [-0.2, -0.15) is 4.99 Å². The fourth-order valence-electron chi connectivity index (χ4n) is 5.20. The summed E-state index contributed by atoms with van der Waals surface area (Å²) >= 11 is 0. The molecule has 2 aliphatic rings.